The van der Waals surface area contributed by atoms with Crippen LogP contribution in [0, 0.1) is 5.92 Å². The molecule has 3 aromatic carbocycles. The summed E-state index contributed by atoms with van der Waals surface area (Å²) in [4.78, 5) is 13.4. The highest BCUT2D eigenvalue weighted by atomic mass is 16.8. The Kier molecular flexibility index (Phi) is 14.5. The van der Waals surface area contributed by atoms with Gasteiger partial charge in [-0.15, -0.1) is 0 Å². The number of methoxy groups -OCH3 is 4. The quantitative estimate of drug-likeness (QED) is 0.167. The third-order valence-corrected chi connectivity index (χ3v) is 9.83. The predicted molar refractivity (Wildman–Crippen MR) is 187 cm³/mol. The molecule has 2 aliphatic rings. The summed E-state index contributed by atoms with van der Waals surface area (Å²) in [7, 11) is 6.06. The van der Waals surface area contributed by atoms with Gasteiger partial charge in [0.15, 0.2) is 18.2 Å². The summed E-state index contributed by atoms with van der Waals surface area (Å²) >= 11 is 0. The van der Waals surface area contributed by atoms with E-state index in [1.807, 2.05) is 105 Å². The van der Waals surface area contributed by atoms with Crippen molar-refractivity contribution in [1.29, 1.82) is 0 Å². The molecule has 0 N–H and O–H groups in total. The number of carbonyl (C=O) groups is 1. The molecule has 2 aliphatic heterocycles. The van der Waals surface area contributed by atoms with E-state index in [9.17, 15) is 4.79 Å². The molecule has 4 unspecified atom stereocenters. The third kappa shape index (κ3) is 9.23. The van der Waals surface area contributed by atoms with Crippen LogP contribution in [0.3, 0.4) is 0 Å². The maximum Gasteiger partial charge on any atom is 0.338 e. The van der Waals surface area contributed by atoms with Crippen molar-refractivity contribution in [3.05, 3.63) is 108 Å². The summed E-state index contributed by atoms with van der Waals surface area (Å²) in [5.74, 6) is -0.951. The number of carbonyl (C=O) groups excluding carboxylic acids is 1. The lowest BCUT2D eigenvalue weighted by Crippen LogP contribution is -2.68. The van der Waals surface area contributed by atoms with Crippen molar-refractivity contribution in [2.75, 3.05) is 35.0 Å². The van der Waals surface area contributed by atoms with E-state index in [0.29, 0.717) is 13.0 Å². The van der Waals surface area contributed by atoms with Crippen LogP contribution in [-0.2, 0) is 72.0 Å². The van der Waals surface area contributed by atoms with Gasteiger partial charge < -0.3 is 47.4 Å². The smallest absolute Gasteiger partial charge is 0.338 e. The summed E-state index contributed by atoms with van der Waals surface area (Å²) < 4.78 is 63.0. The van der Waals surface area contributed by atoms with Gasteiger partial charge in [-0.1, -0.05) is 105 Å². The number of rotatable bonds is 17. The highest BCUT2D eigenvalue weighted by molar-refractivity contribution is 5.80. The summed E-state index contributed by atoms with van der Waals surface area (Å²) in [6, 6.07) is 29.6. The molecule has 5 rings (SSSR count). The average Bonchev–Trinajstić information content (AvgIpc) is 3.18. The summed E-state index contributed by atoms with van der Waals surface area (Å²) in [6.07, 6.45) is -5.99. The van der Waals surface area contributed by atoms with Crippen molar-refractivity contribution >= 4 is 5.97 Å². The Balaban J connectivity index is 1.52. The maximum atomic E-state index is 13.4. The molecule has 0 spiro atoms. The summed E-state index contributed by atoms with van der Waals surface area (Å²) in [5, 5.41) is 0. The number of hydrogen-bond donors (Lipinski definition) is 0. The first-order valence-electron chi connectivity index (χ1n) is 17.5. The second-order valence-corrected chi connectivity index (χ2v) is 12.8. The monoisotopic (exact) mass is 708 g/mol. The van der Waals surface area contributed by atoms with E-state index < -0.39 is 66.7 Å². The maximum absolute atomic E-state index is 13.4. The van der Waals surface area contributed by atoms with E-state index in [2.05, 4.69) is 0 Å². The number of esters is 1. The fourth-order valence-electron chi connectivity index (χ4n) is 7.02. The van der Waals surface area contributed by atoms with Crippen LogP contribution >= 0.6 is 0 Å². The highest BCUT2D eigenvalue weighted by Gasteiger charge is 2.59. The molecule has 2 heterocycles. The molecular weight excluding hydrogens is 656 g/mol. The minimum absolute atomic E-state index is 0.125. The second-order valence-electron chi connectivity index (χ2n) is 12.8. The van der Waals surface area contributed by atoms with Crippen molar-refractivity contribution < 1.29 is 52.2 Å². The fourth-order valence-corrected chi connectivity index (χ4v) is 7.02. The third-order valence-electron chi connectivity index (χ3n) is 9.83. The summed E-state index contributed by atoms with van der Waals surface area (Å²) in [6.45, 7) is 4.76. The first-order chi connectivity index (χ1) is 24.9. The molecule has 0 bridgehead atoms. The molecule has 2 saturated heterocycles. The molecule has 10 atom stereocenters. The van der Waals surface area contributed by atoms with Crippen LogP contribution in [0.2, 0.25) is 0 Å². The minimum Gasteiger partial charge on any atom is -0.467 e. The van der Waals surface area contributed by atoms with Gasteiger partial charge in [-0.05, 0) is 23.1 Å². The molecule has 51 heavy (non-hydrogen) atoms. The van der Waals surface area contributed by atoms with Gasteiger partial charge in [-0.2, -0.15) is 0 Å². The van der Waals surface area contributed by atoms with Crippen LogP contribution < -0.4 is 0 Å². The Morgan fingerprint density at radius 2 is 1.18 bits per heavy atom. The van der Waals surface area contributed by atoms with Crippen molar-refractivity contribution in [3.63, 3.8) is 0 Å². The first kappa shape index (κ1) is 39.0. The minimum atomic E-state index is -1.37. The number of hydrogen-bond acceptors (Lipinski definition) is 11. The Bertz CT molecular complexity index is 1440. The second kappa shape index (κ2) is 19.0. The van der Waals surface area contributed by atoms with Crippen LogP contribution in [0.5, 0.6) is 0 Å². The molecule has 11 nitrogen and oxygen atoms in total. The molecule has 0 aliphatic carbocycles. The Morgan fingerprint density at radius 1 is 0.647 bits per heavy atom. The molecule has 3 aromatic rings. The molecule has 0 radical (unpaired) electrons. The fraction of sp³-hybridized carbons (Fsp3) is 0.525. The molecule has 0 saturated carbocycles. The SMILES string of the molecule is CCC1(C(=O)OC)O[C@@H](O[C@H]2C(COCc3ccccc3)O[C@@H](OC)C(OCc3ccccc3)[C@@H]2OCc2ccccc2)C(OC)[C@@H](OC)[C@H]1C. The van der Waals surface area contributed by atoms with E-state index in [-0.39, 0.29) is 19.8 Å². The van der Waals surface area contributed by atoms with Crippen molar-refractivity contribution in [3.8, 4) is 0 Å². The Morgan fingerprint density at radius 3 is 1.67 bits per heavy atom. The standard InChI is InChI=1S/C40H52O11/c1-7-40(39(41)45-6)27(2)32(42-3)35(43-4)38(51-40)50-33-31(26-46-23-28-17-11-8-12-18-28)49-37(44-5)36(48-25-30-21-15-10-16-22-30)34(33)47-24-29-19-13-9-14-20-29/h8-22,27,31-38H,7,23-26H2,1-6H3/t27-,31?,32+,33+,34-,35?,36?,37-,38-,40?/m1/s1. The molecule has 278 valence electrons. The van der Waals surface area contributed by atoms with Crippen molar-refractivity contribution in [2.24, 2.45) is 5.92 Å². The van der Waals surface area contributed by atoms with Crippen LogP contribution in [-0.4, -0.2) is 95.8 Å². The van der Waals surface area contributed by atoms with Gasteiger partial charge in [0, 0.05) is 27.2 Å². The Labute approximate surface area is 301 Å². The van der Waals surface area contributed by atoms with Gasteiger partial charge in [0.25, 0.3) is 0 Å². The Hall–Kier alpha value is -3.23. The lowest BCUT2D eigenvalue weighted by Gasteiger charge is -2.52. The van der Waals surface area contributed by atoms with Gasteiger partial charge >= 0.3 is 5.97 Å². The number of benzene rings is 3. The van der Waals surface area contributed by atoms with Gasteiger partial charge in [0.1, 0.15) is 30.5 Å². The zero-order valence-corrected chi connectivity index (χ0v) is 30.4. The van der Waals surface area contributed by atoms with E-state index >= 15 is 0 Å². The summed E-state index contributed by atoms with van der Waals surface area (Å²) in [5.41, 5.74) is 1.57. The zero-order chi connectivity index (χ0) is 36.2. The molecule has 11 heteroatoms. The normalized spacial score (nSPS) is 30.9. The van der Waals surface area contributed by atoms with E-state index in [1.165, 1.54) is 7.11 Å². The van der Waals surface area contributed by atoms with Crippen LogP contribution in [0.25, 0.3) is 0 Å². The van der Waals surface area contributed by atoms with E-state index in [4.69, 9.17) is 47.4 Å². The molecule has 2 fully saturated rings. The van der Waals surface area contributed by atoms with Gasteiger partial charge in [-0.25, -0.2) is 4.79 Å². The van der Waals surface area contributed by atoms with Crippen LogP contribution in [0.1, 0.15) is 37.0 Å². The van der Waals surface area contributed by atoms with Gasteiger partial charge in [0.2, 0.25) is 0 Å². The van der Waals surface area contributed by atoms with Crippen molar-refractivity contribution in [1.82, 2.24) is 0 Å². The zero-order valence-electron chi connectivity index (χ0n) is 30.4. The largest absolute Gasteiger partial charge is 0.467 e. The number of ether oxygens (including phenoxy) is 10. The van der Waals surface area contributed by atoms with Crippen LogP contribution in [0.4, 0.5) is 0 Å². The molecule has 0 aromatic heterocycles. The lowest BCUT2D eigenvalue weighted by molar-refractivity contribution is -0.375. The molecule has 0 amide bonds. The van der Waals surface area contributed by atoms with Gasteiger partial charge in [0.05, 0.1) is 39.6 Å². The molecular formula is C40H52O11. The first-order valence-corrected chi connectivity index (χ1v) is 17.5. The highest BCUT2D eigenvalue weighted by Crippen LogP contribution is 2.42. The van der Waals surface area contributed by atoms with E-state index in [1.54, 1.807) is 21.3 Å². The van der Waals surface area contributed by atoms with Crippen molar-refractivity contribution in [2.45, 2.75) is 94.9 Å². The average molecular weight is 709 g/mol. The predicted octanol–water partition coefficient (Wildman–Crippen LogP) is 5.47. The van der Waals surface area contributed by atoms with Gasteiger partial charge in [-0.3, -0.25) is 0 Å². The van der Waals surface area contributed by atoms with E-state index in [0.717, 1.165) is 16.7 Å². The lowest BCUT2D eigenvalue weighted by atomic mass is 9.77. The topological polar surface area (TPSA) is 109 Å². The van der Waals surface area contributed by atoms with Crippen LogP contribution in [0.15, 0.2) is 91.0 Å².